The van der Waals surface area contributed by atoms with Gasteiger partial charge in [0.15, 0.2) is 17.5 Å². The van der Waals surface area contributed by atoms with E-state index in [2.05, 4.69) is 15.3 Å². The maximum atomic E-state index is 13.6. The molecule has 0 aliphatic rings. The third-order valence-electron chi connectivity index (χ3n) is 2.34. The lowest BCUT2D eigenvalue weighted by atomic mass is 10.1. The first-order valence-electron chi connectivity index (χ1n) is 5.33. The van der Waals surface area contributed by atoms with Gasteiger partial charge in [-0.05, 0) is 19.1 Å². The minimum Gasteiger partial charge on any atom is -0.370 e. The molecule has 0 saturated heterocycles. The van der Waals surface area contributed by atoms with Crippen LogP contribution in [-0.4, -0.2) is 16.5 Å². The molecule has 0 spiro atoms. The number of anilines is 1. The van der Waals surface area contributed by atoms with Crippen molar-refractivity contribution >= 4 is 5.82 Å². The second-order valence-corrected chi connectivity index (χ2v) is 3.54. The van der Waals surface area contributed by atoms with Crippen LogP contribution in [0.1, 0.15) is 6.92 Å². The summed E-state index contributed by atoms with van der Waals surface area (Å²) in [5.74, 6) is -3.49. The van der Waals surface area contributed by atoms with Gasteiger partial charge in [-0.1, -0.05) is 0 Å². The van der Waals surface area contributed by atoms with Gasteiger partial charge >= 0.3 is 0 Å². The quantitative estimate of drug-likeness (QED) is 0.854. The Morgan fingerprint density at radius 1 is 1.11 bits per heavy atom. The summed E-state index contributed by atoms with van der Waals surface area (Å²) in [5.41, 5.74) is 0.0906. The summed E-state index contributed by atoms with van der Waals surface area (Å²) in [7, 11) is 0. The van der Waals surface area contributed by atoms with Gasteiger partial charge in [-0.3, -0.25) is 0 Å². The van der Waals surface area contributed by atoms with E-state index in [1.54, 1.807) is 0 Å². The summed E-state index contributed by atoms with van der Waals surface area (Å²) in [6.07, 6.45) is 1.23. The predicted molar refractivity (Wildman–Crippen MR) is 61.5 cm³/mol. The van der Waals surface area contributed by atoms with Crippen LogP contribution in [0.15, 0.2) is 24.5 Å². The van der Waals surface area contributed by atoms with Crippen molar-refractivity contribution in [1.29, 1.82) is 0 Å². The normalized spacial score (nSPS) is 10.4. The summed E-state index contributed by atoms with van der Waals surface area (Å²) < 4.78 is 39.5. The highest BCUT2D eigenvalue weighted by Crippen LogP contribution is 2.25. The molecular formula is C12H10F3N3. The third kappa shape index (κ3) is 2.27. The minimum absolute atomic E-state index is 0.101. The lowest BCUT2D eigenvalue weighted by Gasteiger charge is -2.06. The van der Waals surface area contributed by atoms with E-state index >= 15 is 0 Å². The van der Waals surface area contributed by atoms with Crippen LogP contribution in [0.5, 0.6) is 0 Å². The molecule has 0 aliphatic carbocycles. The van der Waals surface area contributed by atoms with Crippen LogP contribution in [0.3, 0.4) is 0 Å². The van der Waals surface area contributed by atoms with E-state index in [0.29, 0.717) is 12.4 Å². The molecule has 0 fully saturated rings. The van der Waals surface area contributed by atoms with Crippen LogP contribution < -0.4 is 5.32 Å². The molecule has 0 radical (unpaired) electrons. The van der Waals surface area contributed by atoms with Crippen LogP contribution in [0, 0.1) is 17.5 Å². The summed E-state index contributed by atoms with van der Waals surface area (Å²) in [6, 6.07) is 3.48. The van der Waals surface area contributed by atoms with E-state index < -0.39 is 17.5 Å². The molecule has 18 heavy (non-hydrogen) atoms. The van der Waals surface area contributed by atoms with E-state index in [-0.39, 0.29) is 11.3 Å². The largest absolute Gasteiger partial charge is 0.370 e. The Morgan fingerprint density at radius 2 is 1.89 bits per heavy atom. The van der Waals surface area contributed by atoms with Crippen molar-refractivity contribution in [3.05, 3.63) is 42.0 Å². The van der Waals surface area contributed by atoms with Crippen molar-refractivity contribution in [2.24, 2.45) is 0 Å². The smallest absolute Gasteiger partial charge is 0.195 e. The highest BCUT2D eigenvalue weighted by molar-refractivity contribution is 5.62. The lowest BCUT2D eigenvalue weighted by molar-refractivity contribution is 0.449. The highest BCUT2D eigenvalue weighted by Gasteiger charge is 2.15. The van der Waals surface area contributed by atoms with Crippen molar-refractivity contribution in [3.8, 4) is 11.3 Å². The second kappa shape index (κ2) is 5.03. The van der Waals surface area contributed by atoms with Crippen LogP contribution in [0.2, 0.25) is 0 Å². The van der Waals surface area contributed by atoms with E-state index in [0.717, 1.165) is 12.1 Å². The van der Waals surface area contributed by atoms with Gasteiger partial charge in [-0.15, -0.1) is 0 Å². The molecule has 6 heteroatoms. The Hall–Kier alpha value is -2.11. The zero-order valence-electron chi connectivity index (χ0n) is 9.54. The molecule has 1 aromatic carbocycles. The zero-order chi connectivity index (χ0) is 13.1. The first kappa shape index (κ1) is 12.3. The second-order valence-electron chi connectivity index (χ2n) is 3.54. The molecule has 0 atom stereocenters. The maximum Gasteiger partial charge on any atom is 0.195 e. The van der Waals surface area contributed by atoms with Crippen molar-refractivity contribution in [3.63, 3.8) is 0 Å². The Balaban J connectivity index is 2.48. The van der Waals surface area contributed by atoms with Crippen LogP contribution in [0.4, 0.5) is 19.0 Å². The molecule has 94 valence electrons. The number of hydrogen-bond acceptors (Lipinski definition) is 3. The number of aromatic nitrogens is 2. The Labute approximate surface area is 102 Å². The Bertz CT molecular complexity index is 572. The van der Waals surface area contributed by atoms with Gasteiger partial charge in [0, 0.05) is 18.2 Å². The average molecular weight is 253 g/mol. The first-order valence-corrected chi connectivity index (χ1v) is 5.33. The summed E-state index contributed by atoms with van der Waals surface area (Å²) in [6.45, 7) is 2.51. The van der Waals surface area contributed by atoms with E-state index in [4.69, 9.17) is 0 Å². The van der Waals surface area contributed by atoms with Gasteiger partial charge in [-0.25, -0.2) is 23.1 Å². The fraction of sp³-hybridized carbons (Fsp3) is 0.167. The lowest BCUT2D eigenvalue weighted by Crippen LogP contribution is -2.01. The van der Waals surface area contributed by atoms with Gasteiger partial charge in [-0.2, -0.15) is 0 Å². The molecule has 0 amide bonds. The van der Waals surface area contributed by atoms with Gasteiger partial charge in [0.25, 0.3) is 0 Å². The number of nitrogens with one attached hydrogen (secondary N) is 1. The molecule has 1 N–H and O–H groups in total. The molecule has 0 saturated carbocycles. The topological polar surface area (TPSA) is 37.8 Å². The van der Waals surface area contributed by atoms with Crippen molar-refractivity contribution in [2.45, 2.75) is 6.92 Å². The summed E-state index contributed by atoms with van der Waals surface area (Å²) in [5, 5.41) is 2.92. The molecule has 3 nitrogen and oxygen atoms in total. The van der Waals surface area contributed by atoms with Crippen molar-refractivity contribution in [2.75, 3.05) is 11.9 Å². The summed E-state index contributed by atoms with van der Waals surface area (Å²) in [4.78, 5) is 7.76. The number of nitrogens with zero attached hydrogens (tertiary/aromatic N) is 2. The van der Waals surface area contributed by atoms with E-state index in [1.165, 1.54) is 12.4 Å². The van der Waals surface area contributed by atoms with Crippen molar-refractivity contribution in [1.82, 2.24) is 9.97 Å². The van der Waals surface area contributed by atoms with E-state index in [1.807, 2.05) is 6.92 Å². The van der Waals surface area contributed by atoms with Crippen LogP contribution in [-0.2, 0) is 0 Å². The molecule has 1 heterocycles. The van der Waals surface area contributed by atoms with Crippen LogP contribution >= 0.6 is 0 Å². The number of rotatable bonds is 3. The van der Waals surface area contributed by atoms with Gasteiger partial charge in [0.05, 0.1) is 5.69 Å². The van der Waals surface area contributed by atoms with Crippen LogP contribution in [0.25, 0.3) is 11.3 Å². The molecule has 0 bridgehead atoms. The third-order valence-corrected chi connectivity index (χ3v) is 2.34. The van der Waals surface area contributed by atoms with Gasteiger partial charge in [0.2, 0.25) is 0 Å². The standard InChI is InChI=1S/C12H10F3N3/c1-2-16-10-5-9(17-6-18-10)7-3-4-8(13)12(15)11(7)14/h3-6H,2H2,1H3,(H,16,17,18). The predicted octanol–water partition coefficient (Wildman–Crippen LogP) is 2.99. The monoisotopic (exact) mass is 253 g/mol. The van der Waals surface area contributed by atoms with Gasteiger partial charge in [0.1, 0.15) is 12.1 Å². The number of hydrogen-bond donors (Lipinski definition) is 1. The zero-order valence-corrected chi connectivity index (χ0v) is 9.54. The SMILES string of the molecule is CCNc1cc(-c2ccc(F)c(F)c2F)ncn1. The number of halogens is 3. The fourth-order valence-corrected chi connectivity index (χ4v) is 1.51. The Morgan fingerprint density at radius 3 is 2.61 bits per heavy atom. The fourth-order valence-electron chi connectivity index (χ4n) is 1.51. The maximum absolute atomic E-state index is 13.6. The highest BCUT2D eigenvalue weighted by atomic mass is 19.2. The average Bonchev–Trinajstić information content (AvgIpc) is 2.37. The molecular weight excluding hydrogens is 243 g/mol. The minimum atomic E-state index is -1.50. The van der Waals surface area contributed by atoms with E-state index in [9.17, 15) is 13.2 Å². The Kier molecular flexibility index (Phi) is 3.45. The molecule has 0 unspecified atom stereocenters. The molecule has 2 aromatic rings. The summed E-state index contributed by atoms with van der Waals surface area (Å²) >= 11 is 0. The first-order chi connectivity index (χ1) is 8.63. The molecule has 2 rings (SSSR count). The van der Waals surface area contributed by atoms with Gasteiger partial charge < -0.3 is 5.32 Å². The van der Waals surface area contributed by atoms with Crippen molar-refractivity contribution < 1.29 is 13.2 Å². The molecule has 1 aromatic heterocycles. The number of benzene rings is 1. The molecule has 0 aliphatic heterocycles.